The van der Waals surface area contributed by atoms with Gasteiger partial charge in [0.25, 0.3) is 17.7 Å². The first-order valence-corrected chi connectivity index (χ1v) is 35.5. The van der Waals surface area contributed by atoms with Crippen molar-refractivity contribution in [3.8, 4) is 23.0 Å². The summed E-state index contributed by atoms with van der Waals surface area (Å²) in [5.41, 5.74) is 36.9. The fourth-order valence-electron chi connectivity index (χ4n) is 12.7. The molecule has 8 rings (SSSR count). The van der Waals surface area contributed by atoms with E-state index >= 15 is 9.59 Å². The average molecular weight is 1450 g/mol. The van der Waals surface area contributed by atoms with Crippen LogP contribution in [-0.4, -0.2) is 168 Å². The normalized spacial score (nSPS) is 21.9. The lowest BCUT2D eigenvalue weighted by atomic mass is 10.00. The van der Waals surface area contributed by atoms with E-state index in [0.29, 0.717) is 24.8 Å². The number of fused-ring (bicyclic) bond motifs is 14. The zero-order chi connectivity index (χ0) is 75.9. The number of para-hydroxylation sites is 1. The van der Waals surface area contributed by atoms with Crippen LogP contribution in [-0.2, 0) is 49.6 Å². The number of rotatable bonds is 16. The maximum absolute atomic E-state index is 15.2. The molecule has 8 atom stereocenters. The second-order valence-electron chi connectivity index (χ2n) is 26.9. The van der Waals surface area contributed by atoms with Crippen molar-refractivity contribution < 1.29 is 67.0 Å². The number of aromatic nitrogens is 1. The zero-order valence-corrected chi connectivity index (χ0v) is 59.0. The molecule has 33 heteroatoms. The van der Waals surface area contributed by atoms with Gasteiger partial charge in [-0.1, -0.05) is 32.0 Å². The highest BCUT2D eigenvalue weighted by atomic mass is 16.5. The number of guanidine groups is 1. The summed E-state index contributed by atoms with van der Waals surface area (Å²) < 4.78 is 12.8. The van der Waals surface area contributed by atoms with Crippen LogP contribution < -0.4 is 97.0 Å². The Labute approximate surface area is 606 Å². The lowest BCUT2D eigenvalue weighted by Crippen LogP contribution is -2.60. The minimum atomic E-state index is -1.56. The van der Waals surface area contributed by atoms with Gasteiger partial charge in [-0.3, -0.25) is 62.9 Å². The number of nitrogens with two attached hydrogens (primary N) is 6. The Morgan fingerprint density at radius 1 is 0.590 bits per heavy atom. The van der Waals surface area contributed by atoms with Crippen molar-refractivity contribution >= 4 is 99.1 Å². The first kappa shape index (κ1) is 79.2. The number of ether oxygens (including phenoxy) is 2. The van der Waals surface area contributed by atoms with Gasteiger partial charge in [-0.25, -0.2) is 0 Å². The van der Waals surface area contributed by atoms with Crippen LogP contribution in [0, 0.1) is 11.3 Å². The van der Waals surface area contributed by atoms with Crippen molar-refractivity contribution in [1.82, 2.24) is 63.1 Å². The molecule has 1 aromatic heterocycles. The number of unbranched alkanes of at least 4 members (excludes halogenated alkanes) is 1. The Balaban J connectivity index is 1.21. The predicted molar refractivity (Wildman–Crippen MR) is 389 cm³/mol. The molecule has 0 saturated carbocycles. The molecular weight excluding hydrogens is 1350 g/mol. The van der Waals surface area contributed by atoms with Crippen molar-refractivity contribution in [3.05, 3.63) is 107 Å². The highest BCUT2D eigenvalue weighted by molar-refractivity contribution is 6.02. The number of nitrogen functional groups attached to an aromatic ring is 2. The van der Waals surface area contributed by atoms with Crippen molar-refractivity contribution in [3.63, 3.8) is 0 Å². The summed E-state index contributed by atoms with van der Waals surface area (Å²) in [5, 5.41) is 36.2. The van der Waals surface area contributed by atoms with Crippen LogP contribution in [0.1, 0.15) is 153 Å². The van der Waals surface area contributed by atoms with E-state index in [1.165, 1.54) is 59.5 Å². The lowest BCUT2D eigenvalue weighted by molar-refractivity contribution is -0.143. The Kier molecular flexibility index (Phi) is 28.8. The van der Waals surface area contributed by atoms with E-state index in [2.05, 4.69) is 58.2 Å². The van der Waals surface area contributed by atoms with Crippen molar-refractivity contribution in [2.45, 2.75) is 171 Å². The molecule has 1 saturated heterocycles. The number of anilines is 2. The molecule has 4 heterocycles. The minimum Gasteiger partial charge on any atom is -0.456 e. The van der Waals surface area contributed by atoms with Crippen molar-refractivity contribution in [1.29, 1.82) is 5.41 Å². The number of hydrogen-bond acceptors (Lipinski definition) is 18. The Morgan fingerprint density at radius 3 is 1.79 bits per heavy atom. The summed E-state index contributed by atoms with van der Waals surface area (Å²) in [6, 6.07) is 8.64. The second kappa shape index (κ2) is 38.1. The first-order valence-electron chi connectivity index (χ1n) is 35.5. The number of aromatic amines is 1. The number of carbonyl (C=O) groups excluding carboxylic acids is 12. The van der Waals surface area contributed by atoms with Crippen LogP contribution >= 0.6 is 0 Å². The van der Waals surface area contributed by atoms with Gasteiger partial charge in [-0.05, 0) is 169 Å². The number of amides is 12. The molecular formula is C72H97N19O14. The van der Waals surface area contributed by atoms with E-state index in [-0.39, 0.29) is 179 Å². The van der Waals surface area contributed by atoms with Crippen LogP contribution in [0.4, 0.5) is 11.4 Å². The summed E-state index contributed by atoms with van der Waals surface area (Å²) >= 11 is 0. The standard InChI is InChI=1S/C72H97N19O14/c1-39(2)31-55-68(100)86-51-16-7-10-28-81-64(96)48-36-43(75)21-24-59(48)105-45-33-40(62(94)85-53(67(99)89-55)22-25-60(76)92)32-44(37-45)104-58-23-20-42(74)35-47(58)63(95)80-27-9-6-15-50(61(77)93)84-69(101)56(34-41-38-83-49-14-4-3-13-46(41)49)90-66(98)52(18-11-29-82-72(78)79)87-70(102)57-19-12-30-91(57)71(103)54(88-65(51)97)17-5-8-26-73/h3-4,13-14,20-21,23-24,32-33,35-39,50-57,83H,5-12,15-19,22,25-31,34,73-75H2,1-2H3,(H2,76,92)(H2,77,93)(H,80,95)(H,81,96)(H,84,101)(H,85,94)(H,86,100)(H,87,102)(H,88,97)(H,89,99)(H,90,98)(H4,78,79,82). The fraction of sp³-hybridized carbons (Fsp3) is 0.458. The SMILES string of the molecule is CC(C)CC1NC(=O)C(CCC(N)=O)NC(=O)c2cc3cc(c2)Oc2ccc(N)cc2C(=O)NCCCCC(NC1=O)C(=O)NC(CCCCN)C(=O)N1CCCC1C(=O)NC(CCCNC(=N)N)C(=O)NC(Cc1c[nH]c2ccccc12)C(=O)NC(C(N)=O)CCCCNC(=O)c1cc(N)ccc1O3. The number of carbonyl (C=O) groups is 12. The average Bonchev–Trinajstić information content (AvgIpc) is 1.80. The van der Waals surface area contributed by atoms with E-state index in [1.54, 1.807) is 26.1 Å². The third kappa shape index (κ3) is 23.0. The molecule has 33 nitrogen and oxygen atoms in total. The predicted octanol–water partition coefficient (Wildman–Crippen LogP) is 1.17. The summed E-state index contributed by atoms with van der Waals surface area (Å²) in [6.45, 7) is 3.92. The first-order chi connectivity index (χ1) is 50.2. The van der Waals surface area contributed by atoms with Crippen molar-refractivity contribution in [2.75, 3.05) is 44.2 Å². The molecule has 0 aliphatic carbocycles. The molecule has 4 aromatic carbocycles. The van der Waals surface area contributed by atoms with Crippen LogP contribution in [0.25, 0.3) is 10.9 Å². The third-order valence-electron chi connectivity index (χ3n) is 18.2. The molecule has 4 bridgehead atoms. The number of primary amides is 2. The van der Waals surface area contributed by atoms with Crippen molar-refractivity contribution in [2.24, 2.45) is 28.9 Å². The molecule has 0 radical (unpaired) electrons. The van der Waals surface area contributed by atoms with E-state index in [0.717, 1.165) is 10.9 Å². The van der Waals surface area contributed by atoms with Gasteiger partial charge in [0, 0.05) is 79.1 Å². The van der Waals surface area contributed by atoms with Crippen LogP contribution in [0.3, 0.4) is 0 Å². The van der Waals surface area contributed by atoms with Gasteiger partial charge in [0.2, 0.25) is 53.2 Å². The minimum absolute atomic E-state index is 0.00143. The quantitative estimate of drug-likeness (QED) is 0.0217. The summed E-state index contributed by atoms with van der Waals surface area (Å²) in [5.74, 6) is -10.6. The Morgan fingerprint density at radius 2 is 1.17 bits per heavy atom. The van der Waals surface area contributed by atoms with E-state index in [4.69, 9.17) is 49.3 Å². The van der Waals surface area contributed by atoms with Crippen LogP contribution in [0.5, 0.6) is 23.0 Å². The van der Waals surface area contributed by atoms with E-state index in [1.807, 2.05) is 18.2 Å². The van der Waals surface area contributed by atoms with Gasteiger partial charge in [-0.2, -0.15) is 0 Å². The molecule has 0 spiro atoms. The van der Waals surface area contributed by atoms with E-state index in [9.17, 15) is 47.9 Å². The molecule has 5 aromatic rings. The molecule has 1 fully saturated rings. The number of hydrogen-bond donors (Lipinski definition) is 18. The van der Waals surface area contributed by atoms with Gasteiger partial charge in [0.15, 0.2) is 5.96 Å². The van der Waals surface area contributed by atoms with Gasteiger partial charge in [0.05, 0.1) is 11.1 Å². The number of nitrogens with one attached hydrogen (secondary N) is 12. The summed E-state index contributed by atoms with van der Waals surface area (Å²) in [6.07, 6.45) is 2.69. The molecule has 8 unspecified atom stereocenters. The lowest BCUT2D eigenvalue weighted by Gasteiger charge is -2.31. The molecule has 3 aliphatic heterocycles. The van der Waals surface area contributed by atoms with E-state index < -0.39 is 126 Å². The highest BCUT2D eigenvalue weighted by Gasteiger charge is 2.41. The Hall–Kier alpha value is -11.5. The number of nitrogens with zero attached hydrogens (tertiary/aromatic N) is 1. The second-order valence-corrected chi connectivity index (χ2v) is 26.9. The summed E-state index contributed by atoms with van der Waals surface area (Å²) in [4.78, 5) is 178. The van der Waals surface area contributed by atoms with Gasteiger partial charge >= 0.3 is 0 Å². The molecule has 24 N–H and O–H groups in total. The third-order valence-corrected chi connectivity index (χ3v) is 18.2. The monoisotopic (exact) mass is 1450 g/mol. The Bertz CT molecular complexity index is 4010. The fourth-order valence-corrected chi connectivity index (χ4v) is 12.7. The van der Waals surface area contributed by atoms with Gasteiger partial charge in [0.1, 0.15) is 71.3 Å². The van der Waals surface area contributed by atoms with Gasteiger partial charge < -0.3 is 107 Å². The largest absolute Gasteiger partial charge is 0.456 e. The number of H-pyrrole nitrogens is 1. The van der Waals surface area contributed by atoms with Crippen LogP contribution in [0.15, 0.2) is 85.1 Å². The molecule has 564 valence electrons. The van der Waals surface area contributed by atoms with Gasteiger partial charge in [-0.15, -0.1) is 0 Å². The maximum Gasteiger partial charge on any atom is 0.255 e. The molecule has 105 heavy (non-hydrogen) atoms. The topological polar surface area (TPSA) is 543 Å². The highest BCUT2D eigenvalue weighted by Crippen LogP contribution is 2.35. The smallest absolute Gasteiger partial charge is 0.255 e. The number of benzene rings is 4. The molecule has 3 aliphatic rings. The maximum atomic E-state index is 15.2. The zero-order valence-electron chi connectivity index (χ0n) is 59.0. The van der Waals surface area contributed by atoms with Crippen LogP contribution in [0.2, 0.25) is 0 Å². The molecule has 12 amide bonds. The summed E-state index contributed by atoms with van der Waals surface area (Å²) in [7, 11) is 0.